The zero-order chi connectivity index (χ0) is 14.8. The van der Waals surface area contributed by atoms with Gasteiger partial charge in [0.2, 0.25) is 0 Å². The monoisotopic (exact) mass is 279 g/mol. The normalized spacial score (nSPS) is 14.0. The van der Waals surface area contributed by atoms with Gasteiger partial charge in [0.1, 0.15) is 11.9 Å². The van der Waals surface area contributed by atoms with Crippen LogP contribution in [-0.2, 0) is 11.3 Å². The average molecular weight is 279 g/mol. The molecule has 2 unspecified atom stereocenters. The van der Waals surface area contributed by atoms with Gasteiger partial charge in [0.15, 0.2) is 0 Å². The first-order valence-corrected chi connectivity index (χ1v) is 7.73. The molecule has 0 saturated carbocycles. The Morgan fingerprint density at radius 2 is 2.00 bits per heavy atom. The van der Waals surface area contributed by atoms with Crippen molar-refractivity contribution in [3.63, 3.8) is 0 Å². The van der Waals surface area contributed by atoms with Crippen molar-refractivity contribution in [2.24, 2.45) is 0 Å². The highest BCUT2D eigenvalue weighted by molar-refractivity contribution is 5.28. The third-order valence-corrected chi connectivity index (χ3v) is 3.41. The Balaban J connectivity index is 2.72. The van der Waals surface area contributed by atoms with Crippen molar-refractivity contribution < 1.29 is 9.47 Å². The maximum atomic E-state index is 6.20. The average Bonchev–Trinajstić information content (AvgIpc) is 2.45. The molecule has 1 rings (SSSR count). The van der Waals surface area contributed by atoms with Crippen LogP contribution in [0.15, 0.2) is 24.3 Å². The summed E-state index contributed by atoms with van der Waals surface area (Å²) in [7, 11) is 1.71. The van der Waals surface area contributed by atoms with E-state index < -0.39 is 0 Å². The Kier molecular flexibility index (Phi) is 8.31. The molecule has 0 heterocycles. The van der Waals surface area contributed by atoms with Crippen molar-refractivity contribution in [3.05, 3.63) is 29.8 Å². The molecular formula is C17H29NO2. The van der Waals surface area contributed by atoms with Gasteiger partial charge in [-0.25, -0.2) is 0 Å². The maximum absolute atomic E-state index is 6.20. The second kappa shape index (κ2) is 9.78. The van der Waals surface area contributed by atoms with E-state index in [4.69, 9.17) is 9.47 Å². The molecule has 3 heteroatoms. The van der Waals surface area contributed by atoms with Gasteiger partial charge in [0, 0.05) is 13.2 Å². The van der Waals surface area contributed by atoms with Crippen LogP contribution in [0.2, 0.25) is 0 Å². The topological polar surface area (TPSA) is 30.5 Å². The quantitative estimate of drug-likeness (QED) is 0.707. The predicted molar refractivity (Wildman–Crippen MR) is 84.2 cm³/mol. The molecule has 0 saturated heterocycles. The van der Waals surface area contributed by atoms with Crippen LogP contribution in [0.3, 0.4) is 0 Å². The van der Waals surface area contributed by atoms with Gasteiger partial charge in [-0.1, -0.05) is 39.3 Å². The second-order valence-corrected chi connectivity index (χ2v) is 5.10. The largest absolute Gasteiger partial charge is 0.489 e. The SMILES string of the molecule is CCCC(NCC)C(CC)Oc1cccc(COC)c1. The molecule has 0 aliphatic heterocycles. The van der Waals surface area contributed by atoms with E-state index in [9.17, 15) is 0 Å². The van der Waals surface area contributed by atoms with E-state index in [0.29, 0.717) is 12.6 Å². The third-order valence-electron chi connectivity index (χ3n) is 3.41. The number of ether oxygens (including phenoxy) is 2. The molecule has 0 aliphatic rings. The Hall–Kier alpha value is -1.06. The van der Waals surface area contributed by atoms with Crippen LogP contribution >= 0.6 is 0 Å². The van der Waals surface area contributed by atoms with Gasteiger partial charge < -0.3 is 14.8 Å². The number of rotatable bonds is 10. The van der Waals surface area contributed by atoms with Gasteiger partial charge in [-0.05, 0) is 37.1 Å². The number of methoxy groups -OCH3 is 1. The van der Waals surface area contributed by atoms with E-state index in [1.807, 2.05) is 12.1 Å². The minimum Gasteiger partial charge on any atom is -0.489 e. The van der Waals surface area contributed by atoms with Crippen molar-refractivity contribution >= 4 is 0 Å². The first-order valence-electron chi connectivity index (χ1n) is 7.73. The summed E-state index contributed by atoms with van der Waals surface area (Å²) in [4.78, 5) is 0. The number of hydrogen-bond donors (Lipinski definition) is 1. The van der Waals surface area contributed by atoms with Crippen molar-refractivity contribution in [2.75, 3.05) is 13.7 Å². The summed E-state index contributed by atoms with van der Waals surface area (Å²) in [6, 6.07) is 8.60. The fourth-order valence-electron chi connectivity index (χ4n) is 2.49. The smallest absolute Gasteiger partial charge is 0.120 e. The summed E-state index contributed by atoms with van der Waals surface area (Å²) in [5, 5.41) is 3.54. The molecule has 0 radical (unpaired) electrons. The summed E-state index contributed by atoms with van der Waals surface area (Å²) < 4.78 is 11.4. The number of nitrogens with one attached hydrogen (secondary N) is 1. The summed E-state index contributed by atoms with van der Waals surface area (Å²) in [6.45, 7) is 8.16. The molecule has 0 fully saturated rings. The molecule has 2 atom stereocenters. The minimum absolute atomic E-state index is 0.215. The lowest BCUT2D eigenvalue weighted by Gasteiger charge is -2.27. The molecule has 3 nitrogen and oxygen atoms in total. The first-order chi connectivity index (χ1) is 9.74. The molecule has 20 heavy (non-hydrogen) atoms. The number of benzene rings is 1. The lowest BCUT2D eigenvalue weighted by molar-refractivity contribution is 0.142. The van der Waals surface area contributed by atoms with Gasteiger partial charge in [-0.2, -0.15) is 0 Å². The predicted octanol–water partition coefficient (Wildman–Crippen LogP) is 3.77. The Morgan fingerprint density at radius 3 is 2.60 bits per heavy atom. The van der Waals surface area contributed by atoms with Crippen LogP contribution in [0.4, 0.5) is 0 Å². The summed E-state index contributed by atoms with van der Waals surface area (Å²) >= 11 is 0. The Morgan fingerprint density at radius 1 is 1.20 bits per heavy atom. The minimum atomic E-state index is 0.215. The highest BCUT2D eigenvalue weighted by Crippen LogP contribution is 2.19. The molecule has 0 amide bonds. The molecule has 0 bridgehead atoms. The highest BCUT2D eigenvalue weighted by Gasteiger charge is 2.20. The Labute approximate surface area is 123 Å². The Bertz CT molecular complexity index is 362. The zero-order valence-electron chi connectivity index (χ0n) is 13.3. The summed E-state index contributed by atoms with van der Waals surface area (Å²) in [5.74, 6) is 0.936. The van der Waals surface area contributed by atoms with Crippen molar-refractivity contribution in [2.45, 2.75) is 58.8 Å². The number of likely N-dealkylation sites (N-methyl/N-ethyl adjacent to an activating group) is 1. The lowest BCUT2D eigenvalue weighted by atomic mass is 10.0. The fourth-order valence-corrected chi connectivity index (χ4v) is 2.49. The van der Waals surface area contributed by atoms with Crippen LogP contribution in [0.25, 0.3) is 0 Å². The molecule has 1 aromatic carbocycles. The van der Waals surface area contributed by atoms with Crippen LogP contribution < -0.4 is 10.1 Å². The van der Waals surface area contributed by atoms with Crippen LogP contribution in [0.5, 0.6) is 5.75 Å². The van der Waals surface area contributed by atoms with Gasteiger partial charge in [0.05, 0.1) is 6.61 Å². The van der Waals surface area contributed by atoms with Gasteiger partial charge >= 0.3 is 0 Å². The van der Waals surface area contributed by atoms with E-state index in [1.54, 1.807) is 7.11 Å². The molecule has 1 N–H and O–H groups in total. The molecule has 1 aromatic rings. The zero-order valence-corrected chi connectivity index (χ0v) is 13.3. The highest BCUT2D eigenvalue weighted by atomic mass is 16.5. The number of hydrogen-bond acceptors (Lipinski definition) is 3. The molecule has 0 spiro atoms. The standard InChI is InChI=1S/C17H29NO2/c1-5-9-16(18-7-3)17(6-2)20-15-11-8-10-14(12-15)13-19-4/h8,10-12,16-18H,5-7,9,13H2,1-4H3. The first kappa shape index (κ1) is 17.0. The second-order valence-electron chi connectivity index (χ2n) is 5.10. The van der Waals surface area contributed by atoms with E-state index in [0.717, 1.165) is 30.7 Å². The molecule has 0 aliphatic carbocycles. The lowest BCUT2D eigenvalue weighted by Crippen LogP contribution is -2.42. The van der Waals surface area contributed by atoms with Crippen molar-refractivity contribution in [3.8, 4) is 5.75 Å². The summed E-state index contributed by atoms with van der Waals surface area (Å²) in [6.07, 6.45) is 3.53. The van der Waals surface area contributed by atoms with E-state index >= 15 is 0 Å². The molecular weight excluding hydrogens is 250 g/mol. The van der Waals surface area contributed by atoms with Crippen molar-refractivity contribution in [1.29, 1.82) is 0 Å². The van der Waals surface area contributed by atoms with Crippen LogP contribution in [0.1, 0.15) is 45.6 Å². The van der Waals surface area contributed by atoms with Crippen LogP contribution in [-0.4, -0.2) is 25.8 Å². The molecule has 114 valence electrons. The fraction of sp³-hybridized carbons (Fsp3) is 0.647. The molecule has 0 aromatic heterocycles. The van der Waals surface area contributed by atoms with Gasteiger partial charge in [0.25, 0.3) is 0 Å². The van der Waals surface area contributed by atoms with E-state index in [2.05, 4.69) is 38.2 Å². The van der Waals surface area contributed by atoms with E-state index in [1.165, 1.54) is 6.42 Å². The van der Waals surface area contributed by atoms with Crippen molar-refractivity contribution in [1.82, 2.24) is 5.32 Å². The maximum Gasteiger partial charge on any atom is 0.120 e. The third kappa shape index (κ3) is 5.51. The van der Waals surface area contributed by atoms with Gasteiger partial charge in [-0.15, -0.1) is 0 Å². The summed E-state index contributed by atoms with van der Waals surface area (Å²) in [5.41, 5.74) is 1.15. The van der Waals surface area contributed by atoms with E-state index in [-0.39, 0.29) is 6.10 Å². The van der Waals surface area contributed by atoms with Crippen LogP contribution in [0, 0.1) is 0 Å². The van der Waals surface area contributed by atoms with Gasteiger partial charge in [-0.3, -0.25) is 0 Å².